The number of benzene rings is 1. The van der Waals surface area contributed by atoms with Crippen molar-refractivity contribution in [3.63, 3.8) is 0 Å². The molecule has 0 atom stereocenters. The van der Waals surface area contributed by atoms with Crippen LogP contribution in [0.4, 0.5) is 0 Å². The summed E-state index contributed by atoms with van der Waals surface area (Å²) < 4.78 is 3.27. The predicted molar refractivity (Wildman–Crippen MR) is 87.0 cm³/mol. The fourth-order valence-corrected chi connectivity index (χ4v) is 2.81. The zero-order valence-corrected chi connectivity index (χ0v) is 14.0. The van der Waals surface area contributed by atoms with Gasteiger partial charge in [-0.25, -0.2) is 0 Å². The van der Waals surface area contributed by atoms with Crippen LogP contribution in [-0.2, 0) is 25.9 Å². The molecular weight excluding hydrogens is 314 g/mol. The number of rotatable bonds is 6. The first-order chi connectivity index (χ1) is 9.69. The van der Waals surface area contributed by atoms with Crippen LogP contribution < -0.4 is 5.32 Å². The summed E-state index contributed by atoms with van der Waals surface area (Å²) in [6, 6.07) is 8.46. The summed E-state index contributed by atoms with van der Waals surface area (Å²) >= 11 is 3.48. The molecule has 1 N–H and O–H groups in total. The fraction of sp³-hybridized carbons (Fsp3) is 0.438. The lowest BCUT2D eigenvalue weighted by Gasteiger charge is -2.08. The van der Waals surface area contributed by atoms with Crippen LogP contribution in [-0.4, -0.2) is 16.8 Å². The Morgan fingerprint density at radius 2 is 1.85 bits per heavy atom. The minimum absolute atomic E-state index is 0.840. The Morgan fingerprint density at radius 3 is 2.40 bits per heavy atom. The third-order valence-corrected chi connectivity index (χ3v) is 4.05. The third-order valence-electron chi connectivity index (χ3n) is 3.52. The average Bonchev–Trinajstić information content (AvgIpc) is 2.79. The lowest BCUT2D eigenvalue weighted by atomic mass is 10.1. The first-order valence-electron chi connectivity index (χ1n) is 7.16. The zero-order chi connectivity index (χ0) is 14.5. The molecule has 1 aromatic heterocycles. The van der Waals surface area contributed by atoms with Crippen LogP contribution in [0.25, 0.3) is 0 Å². The lowest BCUT2D eigenvalue weighted by Crippen LogP contribution is -2.10. The van der Waals surface area contributed by atoms with E-state index in [1.165, 1.54) is 22.5 Å². The van der Waals surface area contributed by atoms with Gasteiger partial charge >= 0.3 is 0 Å². The van der Waals surface area contributed by atoms with Crippen LogP contribution in [0.2, 0.25) is 0 Å². The summed E-state index contributed by atoms with van der Waals surface area (Å²) in [5.41, 5.74) is 5.21. The van der Waals surface area contributed by atoms with Crippen molar-refractivity contribution in [2.75, 3.05) is 7.05 Å². The van der Waals surface area contributed by atoms with E-state index < -0.39 is 0 Å². The average molecular weight is 336 g/mol. The van der Waals surface area contributed by atoms with Gasteiger partial charge in [-0.3, -0.25) is 4.68 Å². The van der Waals surface area contributed by atoms with Gasteiger partial charge in [0.2, 0.25) is 0 Å². The summed E-state index contributed by atoms with van der Waals surface area (Å²) in [4.78, 5) is 0. The number of hydrogen-bond acceptors (Lipinski definition) is 2. The van der Waals surface area contributed by atoms with Gasteiger partial charge in [-0.1, -0.05) is 41.9 Å². The second-order valence-corrected chi connectivity index (χ2v) is 5.81. The van der Waals surface area contributed by atoms with Crippen molar-refractivity contribution in [1.82, 2.24) is 15.1 Å². The van der Waals surface area contributed by atoms with Gasteiger partial charge in [-0.05, 0) is 37.6 Å². The summed E-state index contributed by atoms with van der Waals surface area (Å²) in [5, 5.41) is 8.06. The van der Waals surface area contributed by atoms with Gasteiger partial charge in [0.05, 0.1) is 12.2 Å². The van der Waals surface area contributed by atoms with Crippen LogP contribution >= 0.6 is 15.9 Å². The van der Waals surface area contributed by atoms with Gasteiger partial charge in [0, 0.05) is 22.3 Å². The van der Waals surface area contributed by atoms with E-state index in [1.807, 2.05) is 7.05 Å². The van der Waals surface area contributed by atoms with Crippen LogP contribution in [0.1, 0.15) is 36.4 Å². The van der Waals surface area contributed by atoms with Crippen molar-refractivity contribution in [2.45, 2.75) is 39.8 Å². The molecule has 3 nitrogen and oxygen atoms in total. The Kier molecular flexibility index (Phi) is 5.38. The van der Waals surface area contributed by atoms with E-state index in [1.54, 1.807) is 0 Å². The Morgan fingerprint density at radius 1 is 1.15 bits per heavy atom. The molecule has 0 unspecified atom stereocenters. The van der Waals surface area contributed by atoms with E-state index in [9.17, 15) is 0 Å². The molecule has 108 valence electrons. The molecule has 2 rings (SSSR count). The highest BCUT2D eigenvalue weighted by Crippen LogP contribution is 2.18. The molecule has 0 bridgehead atoms. The Hall–Kier alpha value is -1.13. The number of halogens is 1. The highest BCUT2D eigenvalue weighted by Gasteiger charge is 2.14. The van der Waals surface area contributed by atoms with Gasteiger partial charge in [-0.15, -0.1) is 0 Å². The fourth-order valence-electron chi connectivity index (χ4n) is 2.54. The molecule has 1 heterocycles. The summed E-state index contributed by atoms with van der Waals surface area (Å²) in [5.74, 6) is 0. The monoisotopic (exact) mass is 335 g/mol. The predicted octanol–water partition coefficient (Wildman–Crippen LogP) is 3.54. The lowest BCUT2D eigenvalue weighted by molar-refractivity contribution is 0.638. The first-order valence-corrected chi connectivity index (χ1v) is 7.95. The van der Waals surface area contributed by atoms with Gasteiger partial charge in [0.15, 0.2) is 0 Å². The van der Waals surface area contributed by atoms with E-state index in [2.05, 4.69) is 64.0 Å². The zero-order valence-electron chi connectivity index (χ0n) is 12.4. The minimum Gasteiger partial charge on any atom is -0.316 e. The van der Waals surface area contributed by atoms with E-state index in [0.29, 0.717) is 0 Å². The van der Waals surface area contributed by atoms with Crippen LogP contribution in [0.3, 0.4) is 0 Å². The molecule has 0 spiro atoms. The smallest absolute Gasteiger partial charge is 0.0669 e. The minimum atomic E-state index is 0.840. The number of hydrogen-bond donors (Lipinski definition) is 1. The van der Waals surface area contributed by atoms with Crippen molar-refractivity contribution in [2.24, 2.45) is 0 Å². The van der Waals surface area contributed by atoms with Gasteiger partial charge < -0.3 is 5.32 Å². The van der Waals surface area contributed by atoms with Gasteiger partial charge in [0.1, 0.15) is 0 Å². The normalized spacial score (nSPS) is 11.0. The Labute approximate surface area is 129 Å². The molecule has 0 radical (unpaired) electrons. The maximum Gasteiger partial charge on any atom is 0.0669 e. The number of aromatic nitrogens is 2. The van der Waals surface area contributed by atoms with Crippen molar-refractivity contribution in [3.05, 3.63) is 51.3 Å². The van der Waals surface area contributed by atoms with E-state index in [0.717, 1.165) is 30.4 Å². The summed E-state index contributed by atoms with van der Waals surface area (Å²) in [7, 11) is 1.99. The maximum absolute atomic E-state index is 4.80. The van der Waals surface area contributed by atoms with Gasteiger partial charge in [-0.2, -0.15) is 5.10 Å². The molecule has 0 aliphatic carbocycles. The molecule has 0 saturated carbocycles. The van der Waals surface area contributed by atoms with E-state index in [-0.39, 0.29) is 0 Å². The molecular formula is C16H22BrN3. The van der Waals surface area contributed by atoms with Crippen molar-refractivity contribution < 1.29 is 0 Å². The second-order valence-electron chi connectivity index (χ2n) is 4.89. The molecule has 0 amide bonds. The molecule has 2 aromatic rings. The maximum atomic E-state index is 4.80. The first kappa shape index (κ1) is 15.3. The van der Waals surface area contributed by atoms with E-state index >= 15 is 0 Å². The highest BCUT2D eigenvalue weighted by atomic mass is 79.9. The Balaban J connectivity index is 2.33. The van der Waals surface area contributed by atoms with Gasteiger partial charge in [0.25, 0.3) is 0 Å². The second kappa shape index (κ2) is 7.04. The quantitative estimate of drug-likeness (QED) is 0.874. The standard InChI is InChI=1S/C16H22BrN3/c1-4-15-14(10-18-3)16(5-2)20(19-15)11-12-6-8-13(17)9-7-12/h6-9,18H,4-5,10-11H2,1-3H3. The largest absolute Gasteiger partial charge is 0.316 e. The molecule has 1 aromatic carbocycles. The number of nitrogens with one attached hydrogen (secondary N) is 1. The number of aryl methyl sites for hydroxylation is 1. The SMILES string of the molecule is CCc1nn(Cc2ccc(Br)cc2)c(CC)c1CNC. The third kappa shape index (κ3) is 3.30. The van der Waals surface area contributed by atoms with Crippen molar-refractivity contribution in [3.8, 4) is 0 Å². The molecule has 0 saturated heterocycles. The van der Waals surface area contributed by atoms with Crippen molar-refractivity contribution in [1.29, 1.82) is 0 Å². The van der Waals surface area contributed by atoms with Crippen LogP contribution in [0.15, 0.2) is 28.7 Å². The molecule has 0 aliphatic rings. The molecule has 4 heteroatoms. The van der Waals surface area contributed by atoms with Crippen LogP contribution in [0.5, 0.6) is 0 Å². The molecule has 0 aliphatic heterocycles. The van der Waals surface area contributed by atoms with Crippen molar-refractivity contribution >= 4 is 15.9 Å². The highest BCUT2D eigenvalue weighted by molar-refractivity contribution is 9.10. The molecule has 20 heavy (non-hydrogen) atoms. The Bertz CT molecular complexity index is 558. The summed E-state index contributed by atoms with van der Waals surface area (Å²) in [6.45, 7) is 6.11. The molecule has 0 fully saturated rings. The topological polar surface area (TPSA) is 29.9 Å². The van der Waals surface area contributed by atoms with E-state index in [4.69, 9.17) is 5.10 Å². The summed E-state index contributed by atoms with van der Waals surface area (Å²) in [6.07, 6.45) is 2.00. The van der Waals surface area contributed by atoms with Crippen LogP contribution in [0, 0.1) is 0 Å². The number of nitrogens with zero attached hydrogens (tertiary/aromatic N) is 2.